The summed E-state index contributed by atoms with van der Waals surface area (Å²) in [6.07, 6.45) is 0. The lowest BCUT2D eigenvalue weighted by Crippen LogP contribution is -2.34. The maximum atomic E-state index is 5.93. The molecule has 0 bridgehead atoms. The van der Waals surface area contributed by atoms with E-state index in [0.717, 1.165) is 0 Å². The summed E-state index contributed by atoms with van der Waals surface area (Å²) < 4.78 is 11.9. The van der Waals surface area contributed by atoms with Crippen LogP contribution in [0.5, 0.6) is 0 Å². The average Bonchev–Trinajstić information content (AvgIpc) is 3.34. The van der Waals surface area contributed by atoms with Crippen molar-refractivity contribution in [3.63, 3.8) is 0 Å². The minimum atomic E-state index is -0.465. The number of hydrogen-bond donors (Lipinski definition) is 0. The van der Waals surface area contributed by atoms with Gasteiger partial charge in [-0.05, 0) is 25.0 Å². The summed E-state index contributed by atoms with van der Waals surface area (Å²) in [6, 6.07) is 20.6. The second kappa shape index (κ2) is 7.54. The molecule has 0 aromatic heterocycles. The second-order valence-corrected chi connectivity index (χ2v) is 6.97. The van der Waals surface area contributed by atoms with Crippen LogP contribution in [0.3, 0.4) is 0 Å². The first-order chi connectivity index (χ1) is 12.1. The van der Waals surface area contributed by atoms with E-state index in [1.54, 1.807) is 0 Å². The number of rotatable bonds is 4. The van der Waals surface area contributed by atoms with Crippen molar-refractivity contribution < 1.29 is 9.47 Å². The van der Waals surface area contributed by atoms with Crippen molar-refractivity contribution in [2.24, 2.45) is 15.4 Å². The largest absolute Gasteiger partial charge is 0.478 e. The Hall–Kier alpha value is -2.27. The zero-order valence-electron chi connectivity index (χ0n) is 15.1. The highest BCUT2D eigenvalue weighted by Crippen LogP contribution is 2.35. The molecular formula is C21H24N2O2S. The SMILES string of the molecule is CC(C)(C1=N[C@@H](c2ccccc2)CO1)C1=N[C@@H](c2ccccc2)CO1.S. The smallest absolute Gasteiger partial charge is 0.199 e. The van der Waals surface area contributed by atoms with Crippen molar-refractivity contribution in [1.29, 1.82) is 0 Å². The van der Waals surface area contributed by atoms with E-state index >= 15 is 0 Å². The molecule has 2 aliphatic rings. The molecule has 2 aromatic rings. The van der Waals surface area contributed by atoms with E-state index in [4.69, 9.17) is 19.5 Å². The summed E-state index contributed by atoms with van der Waals surface area (Å²) in [5.74, 6) is 1.41. The standard InChI is InChI=1S/C21H22N2O2.H2S/c1-21(2,19-22-17(13-24-19)15-9-5-3-6-10-15)20-23-18(14-25-20)16-11-7-4-8-12-16;/h3-12,17-18H,13-14H2,1-2H3;1H2/t17-,18-;/m1./s1. The molecule has 5 heteroatoms. The monoisotopic (exact) mass is 368 g/mol. The third-order valence-corrected chi connectivity index (χ3v) is 4.74. The van der Waals surface area contributed by atoms with Crippen LogP contribution in [0.4, 0.5) is 0 Å². The molecule has 136 valence electrons. The number of aliphatic imine (C=N–C) groups is 2. The van der Waals surface area contributed by atoms with Crippen molar-refractivity contribution in [1.82, 2.24) is 0 Å². The van der Waals surface area contributed by atoms with Gasteiger partial charge in [0.15, 0.2) is 11.8 Å². The van der Waals surface area contributed by atoms with Gasteiger partial charge in [0, 0.05) is 0 Å². The highest BCUT2D eigenvalue weighted by molar-refractivity contribution is 7.59. The van der Waals surface area contributed by atoms with Gasteiger partial charge in [-0.25, -0.2) is 9.98 Å². The molecule has 0 N–H and O–H groups in total. The summed E-state index contributed by atoms with van der Waals surface area (Å²) >= 11 is 0. The van der Waals surface area contributed by atoms with E-state index in [-0.39, 0.29) is 25.6 Å². The predicted molar refractivity (Wildman–Crippen MR) is 109 cm³/mol. The molecule has 2 aromatic carbocycles. The van der Waals surface area contributed by atoms with Crippen LogP contribution in [0.2, 0.25) is 0 Å². The fourth-order valence-electron chi connectivity index (χ4n) is 3.21. The van der Waals surface area contributed by atoms with Crippen LogP contribution in [0.1, 0.15) is 37.1 Å². The molecule has 2 heterocycles. The number of nitrogens with zero attached hydrogens (tertiary/aromatic N) is 2. The zero-order valence-corrected chi connectivity index (χ0v) is 16.1. The second-order valence-electron chi connectivity index (χ2n) is 6.97. The van der Waals surface area contributed by atoms with Gasteiger partial charge in [-0.2, -0.15) is 13.5 Å². The molecule has 0 aliphatic carbocycles. The van der Waals surface area contributed by atoms with Gasteiger partial charge in [0.2, 0.25) is 0 Å². The van der Waals surface area contributed by atoms with Crippen LogP contribution in [0.15, 0.2) is 70.6 Å². The molecule has 0 saturated heterocycles. The summed E-state index contributed by atoms with van der Waals surface area (Å²) in [5.41, 5.74) is 1.88. The molecule has 2 aliphatic heterocycles. The Labute approximate surface area is 161 Å². The van der Waals surface area contributed by atoms with Crippen LogP contribution in [0, 0.1) is 5.41 Å². The average molecular weight is 369 g/mol. The number of ether oxygens (including phenoxy) is 2. The Bertz CT molecular complexity index is 736. The Kier molecular flexibility index (Phi) is 5.37. The van der Waals surface area contributed by atoms with Gasteiger partial charge in [-0.1, -0.05) is 60.7 Å². The lowest BCUT2D eigenvalue weighted by molar-refractivity contribution is 0.265. The van der Waals surface area contributed by atoms with E-state index in [1.165, 1.54) is 11.1 Å². The van der Waals surface area contributed by atoms with Gasteiger partial charge in [0.05, 0.1) is 0 Å². The van der Waals surface area contributed by atoms with E-state index in [0.29, 0.717) is 25.0 Å². The summed E-state index contributed by atoms with van der Waals surface area (Å²) in [6.45, 7) is 5.26. The van der Waals surface area contributed by atoms with E-state index < -0.39 is 5.41 Å². The van der Waals surface area contributed by atoms with Crippen LogP contribution < -0.4 is 0 Å². The van der Waals surface area contributed by atoms with Gasteiger partial charge < -0.3 is 9.47 Å². The maximum absolute atomic E-state index is 5.93. The van der Waals surface area contributed by atoms with Gasteiger partial charge >= 0.3 is 0 Å². The lowest BCUT2D eigenvalue weighted by atomic mass is 9.93. The number of benzene rings is 2. The molecule has 0 radical (unpaired) electrons. The quantitative estimate of drug-likeness (QED) is 0.799. The molecule has 4 nitrogen and oxygen atoms in total. The fraction of sp³-hybridized carbons (Fsp3) is 0.333. The molecule has 0 saturated carbocycles. The Morgan fingerprint density at radius 2 is 1.12 bits per heavy atom. The fourth-order valence-corrected chi connectivity index (χ4v) is 3.21. The molecule has 26 heavy (non-hydrogen) atoms. The van der Waals surface area contributed by atoms with E-state index in [1.807, 2.05) is 36.4 Å². The van der Waals surface area contributed by atoms with Crippen LogP contribution in [-0.4, -0.2) is 25.0 Å². The Morgan fingerprint density at radius 3 is 1.50 bits per heavy atom. The van der Waals surface area contributed by atoms with Crippen molar-refractivity contribution in [3.8, 4) is 0 Å². The van der Waals surface area contributed by atoms with Gasteiger partial charge in [0.25, 0.3) is 0 Å². The summed E-state index contributed by atoms with van der Waals surface area (Å²) in [4.78, 5) is 9.61. The molecular weight excluding hydrogens is 344 g/mol. The van der Waals surface area contributed by atoms with Gasteiger partial charge in [-0.15, -0.1) is 0 Å². The minimum absolute atomic E-state index is 0. The molecule has 0 spiro atoms. The minimum Gasteiger partial charge on any atom is -0.478 e. The first-order valence-electron chi connectivity index (χ1n) is 8.66. The predicted octanol–water partition coefficient (Wildman–Crippen LogP) is 4.47. The molecule has 0 amide bonds. The molecule has 0 fully saturated rings. The third kappa shape index (κ3) is 3.49. The third-order valence-electron chi connectivity index (χ3n) is 4.74. The first kappa shape index (κ1) is 18.5. The summed E-state index contributed by atoms with van der Waals surface area (Å²) in [7, 11) is 0. The molecule has 0 unspecified atom stereocenters. The van der Waals surface area contributed by atoms with Crippen LogP contribution in [0.25, 0.3) is 0 Å². The van der Waals surface area contributed by atoms with Gasteiger partial charge in [0.1, 0.15) is 30.7 Å². The lowest BCUT2D eigenvalue weighted by Gasteiger charge is -2.22. The van der Waals surface area contributed by atoms with Crippen molar-refractivity contribution >= 4 is 25.3 Å². The van der Waals surface area contributed by atoms with Crippen molar-refractivity contribution in [3.05, 3.63) is 71.8 Å². The van der Waals surface area contributed by atoms with Crippen molar-refractivity contribution in [2.45, 2.75) is 25.9 Å². The van der Waals surface area contributed by atoms with Crippen molar-refractivity contribution in [2.75, 3.05) is 13.2 Å². The first-order valence-corrected chi connectivity index (χ1v) is 8.66. The highest BCUT2D eigenvalue weighted by atomic mass is 32.1. The van der Waals surface area contributed by atoms with E-state index in [2.05, 4.69) is 38.1 Å². The normalized spacial score (nSPS) is 21.9. The highest BCUT2D eigenvalue weighted by Gasteiger charge is 2.41. The van der Waals surface area contributed by atoms with Crippen LogP contribution in [-0.2, 0) is 9.47 Å². The maximum Gasteiger partial charge on any atom is 0.199 e. The topological polar surface area (TPSA) is 43.2 Å². The van der Waals surface area contributed by atoms with Gasteiger partial charge in [-0.3, -0.25) is 0 Å². The summed E-state index contributed by atoms with van der Waals surface area (Å²) in [5, 5.41) is 0. The van der Waals surface area contributed by atoms with Crippen LogP contribution >= 0.6 is 13.5 Å². The molecule has 2 atom stereocenters. The number of hydrogen-bond acceptors (Lipinski definition) is 4. The van der Waals surface area contributed by atoms with E-state index in [9.17, 15) is 0 Å². The Balaban J connectivity index is 0.00000196. The Morgan fingerprint density at radius 1 is 0.731 bits per heavy atom. The molecule has 4 rings (SSSR count). The zero-order chi connectivity index (χ0) is 17.3.